The van der Waals surface area contributed by atoms with E-state index in [9.17, 15) is 22.4 Å². The molecule has 0 aliphatic rings. The van der Waals surface area contributed by atoms with Crippen molar-refractivity contribution in [3.63, 3.8) is 0 Å². The number of halogens is 4. The molecule has 1 amide bonds. The highest BCUT2D eigenvalue weighted by atomic mass is 19.4. The van der Waals surface area contributed by atoms with Gasteiger partial charge in [-0.1, -0.05) is 0 Å². The summed E-state index contributed by atoms with van der Waals surface area (Å²) < 4.78 is 59.7. The van der Waals surface area contributed by atoms with Crippen LogP contribution < -0.4 is 20.5 Å². The number of nitrogens with zero attached hydrogens (tertiary/aromatic N) is 1. The number of pyridine rings is 1. The van der Waals surface area contributed by atoms with Gasteiger partial charge in [0, 0.05) is 23.6 Å². The lowest BCUT2D eigenvalue weighted by Gasteiger charge is -2.13. The third kappa shape index (κ3) is 4.02. The van der Waals surface area contributed by atoms with Crippen LogP contribution in [-0.2, 0) is 6.54 Å². The zero-order valence-corrected chi connectivity index (χ0v) is 12.4. The van der Waals surface area contributed by atoms with Crippen LogP contribution in [-0.4, -0.2) is 30.9 Å². The Hall–Kier alpha value is -2.62. The molecule has 0 aliphatic carbocycles. The lowest BCUT2D eigenvalue weighted by Crippen LogP contribution is -2.35. The van der Waals surface area contributed by atoms with Gasteiger partial charge in [0.15, 0.2) is 17.3 Å². The molecule has 130 valence electrons. The standard InChI is InChI=1S/C14H13F4N3O3/c1-23-11-3-10-7(2-9(11)15)8(4-19)12(5-20-10)24-13(22)21-6-14(16,17)18/h2-3,5H,4,6,19H2,1H3,(H,21,22). The molecule has 1 aromatic carbocycles. The summed E-state index contributed by atoms with van der Waals surface area (Å²) in [6, 6.07) is 2.43. The molecular weight excluding hydrogens is 334 g/mol. The molecule has 0 fully saturated rings. The number of ether oxygens (including phenoxy) is 2. The summed E-state index contributed by atoms with van der Waals surface area (Å²) >= 11 is 0. The zero-order chi connectivity index (χ0) is 17.9. The highest BCUT2D eigenvalue weighted by molar-refractivity contribution is 5.86. The second kappa shape index (κ2) is 6.87. The molecule has 1 aromatic heterocycles. The number of carbonyl (C=O) groups excluding carboxylic acids is 1. The molecular formula is C14H13F4N3O3. The van der Waals surface area contributed by atoms with E-state index in [1.54, 1.807) is 5.32 Å². The highest BCUT2D eigenvalue weighted by Gasteiger charge is 2.28. The van der Waals surface area contributed by atoms with E-state index in [2.05, 4.69) is 4.98 Å². The van der Waals surface area contributed by atoms with Crippen LogP contribution in [0, 0.1) is 5.82 Å². The second-order valence-corrected chi connectivity index (χ2v) is 4.67. The summed E-state index contributed by atoms with van der Waals surface area (Å²) in [5.74, 6) is -0.871. The van der Waals surface area contributed by atoms with Crippen molar-refractivity contribution in [2.24, 2.45) is 5.73 Å². The normalized spacial score (nSPS) is 11.4. The van der Waals surface area contributed by atoms with Gasteiger partial charge in [0.1, 0.15) is 6.54 Å². The van der Waals surface area contributed by atoms with Crippen molar-refractivity contribution in [1.29, 1.82) is 0 Å². The van der Waals surface area contributed by atoms with E-state index in [0.29, 0.717) is 5.52 Å². The number of alkyl halides is 3. The number of hydrogen-bond donors (Lipinski definition) is 2. The van der Waals surface area contributed by atoms with E-state index in [4.69, 9.17) is 15.2 Å². The van der Waals surface area contributed by atoms with Gasteiger partial charge in [-0.2, -0.15) is 13.2 Å². The lowest BCUT2D eigenvalue weighted by molar-refractivity contribution is -0.123. The summed E-state index contributed by atoms with van der Waals surface area (Å²) in [5.41, 5.74) is 6.14. The molecule has 0 saturated carbocycles. The van der Waals surface area contributed by atoms with Gasteiger partial charge in [-0.3, -0.25) is 4.98 Å². The number of fused-ring (bicyclic) bond motifs is 1. The van der Waals surface area contributed by atoms with Crippen molar-refractivity contribution in [1.82, 2.24) is 10.3 Å². The predicted octanol–water partition coefficient (Wildman–Crippen LogP) is 2.49. The van der Waals surface area contributed by atoms with Gasteiger partial charge < -0.3 is 20.5 Å². The van der Waals surface area contributed by atoms with Gasteiger partial charge in [0.2, 0.25) is 0 Å². The van der Waals surface area contributed by atoms with E-state index >= 15 is 0 Å². The molecule has 0 unspecified atom stereocenters. The van der Waals surface area contributed by atoms with Crippen LogP contribution in [0.2, 0.25) is 0 Å². The van der Waals surface area contributed by atoms with Crippen LogP contribution in [0.1, 0.15) is 5.56 Å². The number of carbonyl (C=O) groups is 1. The molecule has 0 atom stereocenters. The minimum absolute atomic E-state index is 0.0328. The second-order valence-electron chi connectivity index (χ2n) is 4.67. The van der Waals surface area contributed by atoms with E-state index in [-0.39, 0.29) is 29.0 Å². The molecule has 2 rings (SSSR count). The smallest absolute Gasteiger partial charge is 0.412 e. The Balaban J connectivity index is 2.32. The highest BCUT2D eigenvalue weighted by Crippen LogP contribution is 2.30. The Morgan fingerprint density at radius 2 is 2.04 bits per heavy atom. The first kappa shape index (κ1) is 17.7. The molecule has 10 heteroatoms. The molecule has 0 aliphatic heterocycles. The third-order valence-corrected chi connectivity index (χ3v) is 3.05. The fraction of sp³-hybridized carbons (Fsp3) is 0.286. The number of aromatic nitrogens is 1. The first-order valence-electron chi connectivity index (χ1n) is 6.62. The van der Waals surface area contributed by atoms with Crippen molar-refractivity contribution in [2.75, 3.05) is 13.7 Å². The number of methoxy groups -OCH3 is 1. The number of amides is 1. The van der Waals surface area contributed by atoms with E-state index < -0.39 is 24.6 Å². The maximum absolute atomic E-state index is 13.8. The van der Waals surface area contributed by atoms with Crippen molar-refractivity contribution in [2.45, 2.75) is 12.7 Å². The number of benzene rings is 1. The Morgan fingerprint density at radius 3 is 2.62 bits per heavy atom. The minimum Gasteiger partial charge on any atom is -0.494 e. The van der Waals surface area contributed by atoms with Gasteiger partial charge >= 0.3 is 12.3 Å². The van der Waals surface area contributed by atoms with E-state index in [0.717, 1.165) is 12.3 Å². The average Bonchev–Trinajstić information content (AvgIpc) is 2.51. The monoisotopic (exact) mass is 347 g/mol. The summed E-state index contributed by atoms with van der Waals surface area (Å²) in [6.07, 6.45) is -4.77. The van der Waals surface area contributed by atoms with Crippen molar-refractivity contribution in [3.8, 4) is 11.5 Å². The van der Waals surface area contributed by atoms with Gasteiger partial charge in [0.25, 0.3) is 0 Å². The van der Waals surface area contributed by atoms with Crippen LogP contribution in [0.15, 0.2) is 18.3 Å². The molecule has 0 saturated heterocycles. The van der Waals surface area contributed by atoms with Gasteiger partial charge in [-0.25, -0.2) is 9.18 Å². The molecule has 0 spiro atoms. The molecule has 6 nitrogen and oxygen atoms in total. The van der Waals surface area contributed by atoms with Gasteiger partial charge in [-0.05, 0) is 6.07 Å². The first-order valence-corrected chi connectivity index (χ1v) is 6.62. The number of nitrogens with two attached hydrogens (primary N) is 1. The number of rotatable bonds is 4. The predicted molar refractivity (Wildman–Crippen MR) is 76.2 cm³/mol. The Bertz CT molecular complexity index is 765. The van der Waals surface area contributed by atoms with Gasteiger partial charge in [0.05, 0.1) is 18.8 Å². The summed E-state index contributed by atoms with van der Waals surface area (Å²) in [4.78, 5) is 15.4. The van der Waals surface area contributed by atoms with Crippen LogP contribution in [0.3, 0.4) is 0 Å². The Morgan fingerprint density at radius 1 is 1.33 bits per heavy atom. The molecule has 0 radical (unpaired) electrons. The fourth-order valence-corrected chi connectivity index (χ4v) is 1.99. The lowest BCUT2D eigenvalue weighted by atomic mass is 10.1. The number of nitrogens with one attached hydrogen (secondary N) is 1. The molecule has 2 aromatic rings. The largest absolute Gasteiger partial charge is 0.494 e. The average molecular weight is 347 g/mol. The van der Waals surface area contributed by atoms with Crippen molar-refractivity contribution < 1.29 is 31.8 Å². The van der Waals surface area contributed by atoms with Gasteiger partial charge in [-0.15, -0.1) is 0 Å². The summed E-state index contributed by atoms with van der Waals surface area (Å²) in [7, 11) is 1.29. The van der Waals surface area contributed by atoms with Crippen LogP contribution in [0.4, 0.5) is 22.4 Å². The molecule has 1 heterocycles. The molecule has 0 bridgehead atoms. The van der Waals surface area contributed by atoms with Crippen molar-refractivity contribution in [3.05, 3.63) is 29.7 Å². The topological polar surface area (TPSA) is 86.5 Å². The molecule has 3 N–H and O–H groups in total. The Kier molecular flexibility index (Phi) is 5.07. The minimum atomic E-state index is -4.57. The third-order valence-electron chi connectivity index (χ3n) is 3.05. The maximum Gasteiger partial charge on any atom is 0.412 e. The van der Waals surface area contributed by atoms with Crippen LogP contribution in [0.25, 0.3) is 10.9 Å². The van der Waals surface area contributed by atoms with E-state index in [1.807, 2.05) is 0 Å². The number of hydrogen-bond acceptors (Lipinski definition) is 5. The summed E-state index contributed by atoms with van der Waals surface area (Å²) in [5, 5.41) is 1.81. The van der Waals surface area contributed by atoms with Crippen molar-refractivity contribution >= 4 is 17.0 Å². The van der Waals surface area contributed by atoms with Crippen LogP contribution in [0.5, 0.6) is 11.5 Å². The fourth-order valence-electron chi connectivity index (χ4n) is 1.99. The van der Waals surface area contributed by atoms with E-state index in [1.165, 1.54) is 13.2 Å². The maximum atomic E-state index is 13.8. The quantitative estimate of drug-likeness (QED) is 0.830. The first-order chi connectivity index (χ1) is 11.2. The van der Waals surface area contributed by atoms with Crippen LogP contribution >= 0.6 is 0 Å². The molecule has 24 heavy (non-hydrogen) atoms. The SMILES string of the molecule is COc1cc2ncc(OC(=O)NCC(F)(F)F)c(CN)c2cc1F. The zero-order valence-electron chi connectivity index (χ0n) is 12.4. The Labute approximate surface area is 133 Å². The summed E-state index contributed by atoms with van der Waals surface area (Å²) in [6.45, 7) is -1.69.